The van der Waals surface area contributed by atoms with Crippen LogP contribution in [0.3, 0.4) is 0 Å². The van der Waals surface area contributed by atoms with Gasteiger partial charge in [-0.1, -0.05) is 23.5 Å². The van der Waals surface area contributed by atoms with E-state index in [1.54, 1.807) is 29.0 Å². The Kier molecular flexibility index (Phi) is 4.97. The second-order valence-electron chi connectivity index (χ2n) is 6.27. The number of para-hydroxylation sites is 1. The van der Waals surface area contributed by atoms with Gasteiger partial charge in [-0.05, 0) is 47.1 Å². The molecule has 1 N–H and O–H groups in total. The molecule has 0 spiro atoms. The zero-order chi connectivity index (χ0) is 20.7. The summed E-state index contributed by atoms with van der Waals surface area (Å²) in [6, 6.07) is 11.9. The first-order valence-corrected chi connectivity index (χ1v) is 11.5. The number of benzene rings is 1. The Balaban J connectivity index is 1.43. The summed E-state index contributed by atoms with van der Waals surface area (Å²) in [5.74, 6) is 0.319. The minimum absolute atomic E-state index is 0.313. The molecule has 0 fully saturated rings. The van der Waals surface area contributed by atoms with Crippen molar-refractivity contribution in [3.63, 3.8) is 0 Å². The topological polar surface area (TPSA) is 81.4 Å². The van der Waals surface area contributed by atoms with E-state index < -0.39 is 0 Å². The second-order valence-corrected chi connectivity index (χ2v) is 8.91. The number of rotatable bonds is 5. The fourth-order valence-corrected chi connectivity index (χ4v) is 5.54. The van der Waals surface area contributed by atoms with Crippen LogP contribution in [0.5, 0.6) is 0 Å². The summed E-state index contributed by atoms with van der Waals surface area (Å²) in [6.07, 6.45) is 1.77. The number of hydrogen-bond acceptors (Lipinski definition) is 8. The number of ether oxygens (including phenoxy) is 1. The molecular formula is C20H14BrN5O2S2. The molecule has 10 heteroatoms. The first kappa shape index (κ1) is 19.2. The van der Waals surface area contributed by atoms with Gasteiger partial charge in [-0.3, -0.25) is 0 Å². The van der Waals surface area contributed by atoms with Crippen LogP contribution >= 0.6 is 38.6 Å². The van der Waals surface area contributed by atoms with Crippen LogP contribution in [0.2, 0.25) is 0 Å². The Morgan fingerprint density at radius 3 is 2.90 bits per heavy atom. The molecule has 4 aromatic heterocycles. The van der Waals surface area contributed by atoms with Crippen molar-refractivity contribution in [2.24, 2.45) is 0 Å². The number of nitrogens with one attached hydrogen (secondary N) is 1. The molecule has 0 amide bonds. The van der Waals surface area contributed by atoms with Crippen molar-refractivity contribution in [1.29, 1.82) is 0 Å². The highest BCUT2D eigenvalue weighted by molar-refractivity contribution is 9.10. The molecule has 0 aliphatic carbocycles. The van der Waals surface area contributed by atoms with Crippen molar-refractivity contribution in [3.8, 4) is 11.3 Å². The van der Waals surface area contributed by atoms with Crippen LogP contribution in [0.25, 0.3) is 26.3 Å². The van der Waals surface area contributed by atoms with Crippen LogP contribution in [0.1, 0.15) is 17.3 Å². The first-order chi connectivity index (χ1) is 14.6. The van der Waals surface area contributed by atoms with Gasteiger partial charge in [0.15, 0.2) is 5.13 Å². The molecule has 150 valence electrons. The quantitative estimate of drug-likeness (QED) is 0.310. The van der Waals surface area contributed by atoms with Crippen molar-refractivity contribution in [2.45, 2.75) is 6.92 Å². The molecule has 0 bridgehead atoms. The van der Waals surface area contributed by atoms with Gasteiger partial charge in [-0.15, -0.1) is 11.3 Å². The monoisotopic (exact) mass is 499 g/mol. The van der Waals surface area contributed by atoms with E-state index in [4.69, 9.17) is 4.74 Å². The average Bonchev–Trinajstić information content (AvgIpc) is 3.41. The number of carbonyl (C=O) groups excluding carboxylic acids is 1. The third kappa shape index (κ3) is 3.36. The Morgan fingerprint density at radius 2 is 2.13 bits per heavy atom. The van der Waals surface area contributed by atoms with Crippen molar-refractivity contribution >= 4 is 70.6 Å². The number of aromatic nitrogens is 4. The maximum atomic E-state index is 12.2. The van der Waals surface area contributed by atoms with Gasteiger partial charge >= 0.3 is 5.97 Å². The summed E-state index contributed by atoms with van der Waals surface area (Å²) in [5, 5.41) is 10.5. The van der Waals surface area contributed by atoms with Gasteiger partial charge in [0.05, 0.1) is 22.5 Å². The summed E-state index contributed by atoms with van der Waals surface area (Å²) in [6.45, 7) is 2.09. The molecule has 0 saturated heterocycles. The third-order valence-corrected chi connectivity index (χ3v) is 6.83. The maximum Gasteiger partial charge on any atom is 0.344 e. The summed E-state index contributed by atoms with van der Waals surface area (Å²) < 4.78 is 8.47. The minimum atomic E-state index is -0.388. The lowest BCUT2D eigenvalue weighted by molar-refractivity contribution is 0.0528. The fraction of sp³-hybridized carbons (Fsp3) is 0.100. The van der Waals surface area contributed by atoms with E-state index in [9.17, 15) is 4.79 Å². The SMILES string of the molecule is CCOC(=O)c1c(Br)nn2c(-c3ccc(Nc4nc5ccccc5s4)nc3)csc12. The number of fused-ring (bicyclic) bond motifs is 2. The molecular weight excluding hydrogens is 486 g/mol. The molecule has 4 heterocycles. The number of carbonyl (C=O) groups is 1. The highest BCUT2D eigenvalue weighted by atomic mass is 79.9. The van der Waals surface area contributed by atoms with Crippen LogP contribution < -0.4 is 5.32 Å². The molecule has 5 rings (SSSR count). The van der Waals surface area contributed by atoms with Crippen LogP contribution in [0, 0.1) is 0 Å². The zero-order valence-electron chi connectivity index (χ0n) is 15.6. The number of pyridine rings is 1. The van der Waals surface area contributed by atoms with Crippen molar-refractivity contribution in [2.75, 3.05) is 11.9 Å². The molecule has 1 aromatic carbocycles. The van der Waals surface area contributed by atoms with Crippen molar-refractivity contribution in [1.82, 2.24) is 19.6 Å². The van der Waals surface area contributed by atoms with Crippen LogP contribution in [-0.2, 0) is 4.74 Å². The first-order valence-electron chi connectivity index (χ1n) is 9.06. The normalized spacial score (nSPS) is 11.3. The molecule has 0 saturated carbocycles. The predicted molar refractivity (Wildman–Crippen MR) is 123 cm³/mol. The second kappa shape index (κ2) is 7.78. The summed E-state index contributed by atoms with van der Waals surface area (Å²) in [7, 11) is 0. The number of thiazole rings is 2. The number of nitrogens with zero attached hydrogens (tertiary/aromatic N) is 4. The number of halogens is 1. The Hall–Kier alpha value is -2.82. The fourth-order valence-electron chi connectivity index (χ4n) is 3.03. The lowest BCUT2D eigenvalue weighted by atomic mass is 10.2. The number of esters is 1. The maximum absolute atomic E-state index is 12.2. The van der Waals surface area contributed by atoms with Crippen LogP contribution in [0.15, 0.2) is 52.6 Å². The Morgan fingerprint density at radius 1 is 1.27 bits per heavy atom. The van der Waals surface area contributed by atoms with E-state index in [0.29, 0.717) is 22.6 Å². The third-order valence-electron chi connectivity index (χ3n) is 4.38. The van der Waals surface area contributed by atoms with E-state index in [1.807, 2.05) is 41.8 Å². The predicted octanol–water partition coefficient (Wildman–Crippen LogP) is 5.75. The minimum Gasteiger partial charge on any atom is -0.462 e. The molecule has 0 unspecified atom stereocenters. The average molecular weight is 500 g/mol. The van der Waals surface area contributed by atoms with Gasteiger partial charge in [-0.25, -0.2) is 19.3 Å². The number of hydrogen-bond donors (Lipinski definition) is 1. The van der Waals surface area contributed by atoms with Gasteiger partial charge < -0.3 is 10.1 Å². The van der Waals surface area contributed by atoms with E-state index >= 15 is 0 Å². The van der Waals surface area contributed by atoms with E-state index in [2.05, 4.69) is 36.3 Å². The van der Waals surface area contributed by atoms with Gasteiger partial charge in [-0.2, -0.15) is 5.10 Å². The highest BCUT2D eigenvalue weighted by Gasteiger charge is 2.23. The lowest BCUT2D eigenvalue weighted by Gasteiger charge is -2.03. The standard InChI is InChI=1S/C20H14BrN5O2S2/c1-2-28-19(27)16-17(21)25-26-13(10-29-18(16)26)11-7-8-15(22-9-11)24-20-23-12-5-3-4-6-14(12)30-20/h3-10H,2H2,1H3,(H,22,23,24). The number of anilines is 2. The smallest absolute Gasteiger partial charge is 0.344 e. The van der Waals surface area contributed by atoms with E-state index in [1.165, 1.54) is 11.3 Å². The summed E-state index contributed by atoms with van der Waals surface area (Å²) in [5.41, 5.74) is 3.14. The van der Waals surface area contributed by atoms with E-state index in [-0.39, 0.29) is 5.97 Å². The molecule has 0 radical (unpaired) electrons. The summed E-state index contributed by atoms with van der Waals surface area (Å²) >= 11 is 6.39. The zero-order valence-corrected chi connectivity index (χ0v) is 18.8. The van der Waals surface area contributed by atoms with Gasteiger partial charge in [0.25, 0.3) is 0 Å². The Bertz CT molecular complexity index is 1340. The lowest BCUT2D eigenvalue weighted by Crippen LogP contribution is -2.04. The molecule has 30 heavy (non-hydrogen) atoms. The molecule has 0 aliphatic rings. The van der Waals surface area contributed by atoms with Gasteiger partial charge in [0, 0.05) is 17.1 Å². The molecule has 0 aliphatic heterocycles. The highest BCUT2D eigenvalue weighted by Crippen LogP contribution is 2.33. The van der Waals surface area contributed by atoms with Crippen molar-refractivity contribution < 1.29 is 9.53 Å². The van der Waals surface area contributed by atoms with Crippen molar-refractivity contribution in [3.05, 3.63) is 58.1 Å². The molecule has 5 aromatic rings. The largest absolute Gasteiger partial charge is 0.462 e. The van der Waals surface area contributed by atoms with Gasteiger partial charge in [0.2, 0.25) is 0 Å². The van der Waals surface area contributed by atoms with Crippen LogP contribution in [-0.4, -0.2) is 32.2 Å². The molecule has 7 nitrogen and oxygen atoms in total. The molecule has 0 atom stereocenters. The summed E-state index contributed by atoms with van der Waals surface area (Å²) in [4.78, 5) is 22.1. The Labute approximate surface area is 187 Å². The van der Waals surface area contributed by atoms with E-state index in [0.717, 1.165) is 31.4 Å². The van der Waals surface area contributed by atoms with Crippen LogP contribution in [0.4, 0.5) is 10.9 Å². The van der Waals surface area contributed by atoms with Gasteiger partial charge in [0.1, 0.15) is 20.8 Å².